The van der Waals surface area contributed by atoms with E-state index in [2.05, 4.69) is 45.5 Å². The summed E-state index contributed by atoms with van der Waals surface area (Å²) in [4.78, 5) is 12.2. The van der Waals surface area contributed by atoms with Crippen LogP contribution in [0.1, 0.15) is 23.5 Å². The standard InChI is InChI=1S/C30H42BrNO8/c31-10-13-35-15-17-37-19-21-39-23-22-38-20-18-36-16-14-34-12-5-11-32-30(33)40-24-29-27-8-3-1-6-25(27)26-7-2-4-9-28(26)29/h1-4,6-9,29H,5,10-24H2,(H,32,33). The van der Waals surface area contributed by atoms with Gasteiger partial charge in [0.2, 0.25) is 0 Å². The van der Waals surface area contributed by atoms with E-state index in [-0.39, 0.29) is 5.92 Å². The highest BCUT2D eigenvalue weighted by atomic mass is 79.9. The molecule has 222 valence electrons. The largest absolute Gasteiger partial charge is 0.449 e. The molecule has 0 heterocycles. The Labute approximate surface area is 245 Å². The SMILES string of the molecule is O=C(NCCCOCCOCCOCCOCCOCCOCCBr)OCC1c2ccccc2-c2ccccc21. The van der Waals surface area contributed by atoms with E-state index in [0.29, 0.717) is 98.9 Å². The number of rotatable bonds is 23. The Morgan fingerprint density at radius 1 is 0.625 bits per heavy atom. The van der Waals surface area contributed by atoms with Crippen molar-refractivity contribution in [2.24, 2.45) is 0 Å². The molecule has 0 radical (unpaired) electrons. The van der Waals surface area contributed by atoms with Crippen LogP contribution in [-0.2, 0) is 33.2 Å². The van der Waals surface area contributed by atoms with Gasteiger partial charge >= 0.3 is 6.09 Å². The molecule has 0 spiro atoms. The zero-order chi connectivity index (χ0) is 28.1. The summed E-state index contributed by atoms with van der Waals surface area (Å²) in [5, 5.41) is 3.64. The first-order valence-electron chi connectivity index (χ1n) is 13.9. The minimum Gasteiger partial charge on any atom is -0.449 e. The fraction of sp³-hybridized carbons (Fsp3) is 0.567. The minimum atomic E-state index is -0.407. The third kappa shape index (κ3) is 12.2. The van der Waals surface area contributed by atoms with Crippen LogP contribution >= 0.6 is 15.9 Å². The zero-order valence-electron chi connectivity index (χ0n) is 23.2. The second kappa shape index (κ2) is 20.8. The molecule has 1 aliphatic carbocycles. The Morgan fingerprint density at radius 3 is 1.52 bits per heavy atom. The number of fused-ring (bicyclic) bond motifs is 3. The van der Waals surface area contributed by atoms with Crippen molar-refractivity contribution in [2.45, 2.75) is 12.3 Å². The first-order chi connectivity index (χ1) is 19.8. The van der Waals surface area contributed by atoms with Crippen LogP contribution in [-0.4, -0.2) is 104 Å². The summed E-state index contributed by atoms with van der Waals surface area (Å²) in [6.07, 6.45) is 0.291. The van der Waals surface area contributed by atoms with Gasteiger partial charge in [-0.2, -0.15) is 0 Å². The fourth-order valence-corrected chi connectivity index (χ4v) is 4.50. The normalized spacial score (nSPS) is 12.3. The zero-order valence-corrected chi connectivity index (χ0v) is 24.7. The van der Waals surface area contributed by atoms with Gasteiger partial charge in [-0.1, -0.05) is 64.5 Å². The Hall–Kier alpha value is -2.05. The van der Waals surface area contributed by atoms with Crippen LogP contribution in [0.5, 0.6) is 0 Å². The monoisotopic (exact) mass is 623 g/mol. The van der Waals surface area contributed by atoms with E-state index in [9.17, 15) is 4.79 Å². The van der Waals surface area contributed by atoms with E-state index >= 15 is 0 Å². The minimum absolute atomic E-state index is 0.0603. The van der Waals surface area contributed by atoms with E-state index in [1.165, 1.54) is 22.3 Å². The van der Waals surface area contributed by atoms with Crippen LogP contribution in [0.2, 0.25) is 0 Å². The number of hydrogen-bond acceptors (Lipinski definition) is 8. The van der Waals surface area contributed by atoms with Crippen LogP contribution < -0.4 is 5.32 Å². The maximum Gasteiger partial charge on any atom is 0.407 e. The molecular formula is C30H42BrNO8. The number of carbonyl (C=O) groups excluding carboxylic acids is 1. The third-order valence-corrected chi connectivity index (χ3v) is 6.48. The first-order valence-corrected chi connectivity index (χ1v) is 15.0. The average Bonchev–Trinajstić information content (AvgIpc) is 3.30. The molecular weight excluding hydrogens is 582 g/mol. The predicted octanol–water partition coefficient (Wildman–Crippen LogP) is 4.41. The van der Waals surface area contributed by atoms with Gasteiger partial charge in [-0.05, 0) is 28.7 Å². The number of hydrogen-bond donors (Lipinski definition) is 1. The number of benzene rings is 2. The highest BCUT2D eigenvalue weighted by Crippen LogP contribution is 2.44. The van der Waals surface area contributed by atoms with Gasteiger partial charge in [-0.25, -0.2) is 4.79 Å². The number of nitrogens with one attached hydrogen (secondary N) is 1. The quantitative estimate of drug-likeness (QED) is 0.144. The van der Waals surface area contributed by atoms with Gasteiger partial charge in [0, 0.05) is 24.4 Å². The average molecular weight is 625 g/mol. The number of alkyl halides is 1. The second-order valence-electron chi connectivity index (χ2n) is 8.97. The Kier molecular flexibility index (Phi) is 16.9. The highest BCUT2D eigenvalue weighted by Gasteiger charge is 2.28. The summed E-state index contributed by atoms with van der Waals surface area (Å²) in [5.74, 6) is 0.0603. The molecule has 10 heteroatoms. The van der Waals surface area contributed by atoms with Gasteiger partial charge < -0.3 is 38.5 Å². The lowest BCUT2D eigenvalue weighted by atomic mass is 9.98. The van der Waals surface area contributed by atoms with E-state index in [1.54, 1.807) is 0 Å². The molecule has 2 aromatic rings. The van der Waals surface area contributed by atoms with Crippen molar-refractivity contribution in [1.82, 2.24) is 5.32 Å². The summed E-state index contributed by atoms with van der Waals surface area (Å²) >= 11 is 3.30. The van der Waals surface area contributed by atoms with Crippen LogP contribution in [0.25, 0.3) is 11.1 Å². The van der Waals surface area contributed by atoms with Crippen molar-refractivity contribution in [2.75, 3.05) is 97.8 Å². The molecule has 0 unspecified atom stereocenters. The number of carbonyl (C=O) groups is 1. The third-order valence-electron chi connectivity index (χ3n) is 6.16. The molecule has 2 aromatic carbocycles. The van der Waals surface area contributed by atoms with E-state index in [4.69, 9.17) is 33.2 Å². The molecule has 9 nitrogen and oxygen atoms in total. The molecule has 40 heavy (non-hydrogen) atoms. The predicted molar refractivity (Wildman–Crippen MR) is 156 cm³/mol. The summed E-state index contributed by atoms with van der Waals surface area (Å²) in [6, 6.07) is 16.6. The lowest BCUT2D eigenvalue weighted by molar-refractivity contribution is -0.0161. The fourth-order valence-electron chi connectivity index (χ4n) is 4.27. The molecule has 0 fully saturated rings. The molecule has 0 bridgehead atoms. The smallest absolute Gasteiger partial charge is 0.407 e. The molecule has 0 saturated heterocycles. The molecule has 0 aromatic heterocycles. The molecule has 1 aliphatic rings. The molecule has 1 amide bonds. The first kappa shape index (κ1) is 32.5. The van der Waals surface area contributed by atoms with Gasteiger partial charge in [-0.3, -0.25) is 0 Å². The van der Waals surface area contributed by atoms with Crippen molar-refractivity contribution >= 4 is 22.0 Å². The second-order valence-corrected chi connectivity index (χ2v) is 9.76. The van der Waals surface area contributed by atoms with Crippen molar-refractivity contribution in [1.29, 1.82) is 0 Å². The molecule has 0 atom stereocenters. The van der Waals surface area contributed by atoms with E-state index < -0.39 is 6.09 Å². The Balaban J connectivity index is 1.07. The van der Waals surface area contributed by atoms with Crippen LogP contribution in [0.15, 0.2) is 48.5 Å². The number of halogens is 1. The maximum atomic E-state index is 12.2. The summed E-state index contributed by atoms with van der Waals surface area (Å²) in [6.45, 7) is 7.34. The Bertz CT molecular complexity index is 917. The summed E-state index contributed by atoms with van der Waals surface area (Å²) < 4.78 is 38.2. The molecule has 1 N–H and O–H groups in total. The van der Waals surface area contributed by atoms with Gasteiger partial charge in [0.05, 0.1) is 72.7 Å². The number of alkyl carbamates (subject to hydrolysis) is 1. The number of ether oxygens (including phenoxy) is 7. The molecule has 0 aliphatic heterocycles. The van der Waals surface area contributed by atoms with Gasteiger partial charge in [0.15, 0.2) is 0 Å². The molecule has 3 rings (SSSR count). The van der Waals surface area contributed by atoms with Crippen molar-refractivity contribution in [3.63, 3.8) is 0 Å². The van der Waals surface area contributed by atoms with E-state index in [1.807, 2.05) is 24.3 Å². The topological polar surface area (TPSA) is 93.7 Å². The number of amides is 1. The summed E-state index contributed by atoms with van der Waals surface area (Å²) in [5.41, 5.74) is 4.83. The lowest BCUT2D eigenvalue weighted by Gasteiger charge is -2.14. The lowest BCUT2D eigenvalue weighted by Crippen LogP contribution is -2.27. The van der Waals surface area contributed by atoms with Crippen molar-refractivity contribution in [3.8, 4) is 11.1 Å². The van der Waals surface area contributed by atoms with Crippen molar-refractivity contribution in [3.05, 3.63) is 59.7 Å². The van der Waals surface area contributed by atoms with Gasteiger partial charge in [0.25, 0.3) is 0 Å². The Morgan fingerprint density at radius 2 is 1.05 bits per heavy atom. The van der Waals surface area contributed by atoms with Gasteiger partial charge in [-0.15, -0.1) is 0 Å². The summed E-state index contributed by atoms with van der Waals surface area (Å²) in [7, 11) is 0. The maximum absolute atomic E-state index is 12.2. The van der Waals surface area contributed by atoms with Crippen LogP contribution in [0.3, 0.4) is 0 Å². The van der Waals surface area contributed by atoms with E-state index in [0.717, 1.165) is 5.33 Å². The highest BCUT2D eigenvalue weighted by molar-refractivity contribution is 9.09. The van der Waals surface area contributed by atoms with Gasteiger partial charge in [0.1, 0.15) is 6.61 Å². The van der Waals surface area contributed by atoms with Crippen LogP contribution in [0, 0.1) is 0 Å². The van der Waals surface area contributed by atoms with Crippen LogP contribution in [0.4, 0.5) is 4.79 Å². The molecule has 0 saturated carbocycles. The van der Waals surface area contributed by atoms with Crippen molar-refractivity contribution < 1.29 is 38.0 Å².